The lowest BCUT2D eigenvalue weighted by Gasteiger charge is -2.32. The highest BCUT2D eigenvalue weighted by Gasteiger charge is 2.40. The molecule has 0 aromatic heterocycles. The van der Waals surface area contributed by atoms with Crippen molar-refractivity contribution in [3.8, 4) is 0 Å². The molecule has 90 valence electrons. The fourth-order valence-electron chi connectivity index (χ4n) is 4.11. The molecule has 0 heteroatoms. The number of rotatable bonds is 0. The van der Waals surface area contributed by atoms with Crippen molar-refractivity contribution in [2.75, 3.05) is 0 Å². The monoisotopic (exact) mass is 218 g/mol. The number of hydrogen-bond donors (Lipinski definition) is 0. The molecule has 4 rings (SSSR count). The van der Waals surface area contributed by atoms with Crippen molar-refractivity contribution in [1.82, 2.24) is 0 Å². The van der Waals surface area contributed by atoms with Gasteiger partial charge < -0.3 is 0 Å². The zero-order valence-corrected chi connectivity index (χ0v) is 10.5. The van der Waals surface area contributed by atoms with Crippen molar-refractivity contribution in [3.05, 3.63) is 12.2 Å². The van der Waals surface area contributed by atoms with E-state index in [0.717, 1.165) is 11.8 Å². The second kappa shape index (κ2) is 4.94. The van der Waals surface area contributed by atoms with Crippen LogP contribution in [0, 0.1) is 23.7 Å². The Morgan fingerprint density at radius 1 is 0.562 bits per heavy atom. The van der Waals surface area contributed by atoms with Crippen molar-refractivity contribution in [2.45, 2.75) is 64.2 Å². The van der Waals surface area contributed by atoms with Crippen LogP contribution in [0.5, 0.6) is 0 Å². The molecule has 3 fully saturated rings. The first-order valence-electron chi connectivity index (χ1n) is 7.58. The summed E-state index contributed by atoms with van der Waals surface area (Å²) in [6.45, 7) is 0. The van der Waals surface area contributed by atoms with E-state index in [4.69, 9.17) is 0 Å². The van der Waals surface area contributed by atoms with E-state index in [1.165, 1.54) is 56.8 Å². The quantitative estimate of drug-likeness (QED) is 0.505. The van der Waals surface area contributed by atoms with E-state index in [-0.39, 0.29) is 0 Å². The van der Waals surface area contributed by atoms with Gasteiger partial charge in [0.1, 0.15) is 0 Å². The smallest absolute Gasteiger partial charge is 0.0319 e. The summed E-state index contributed by atoms with van der Waals surface area (Å²) in [5.74, 6) is 4.56. The maximum atomic E-state index is 2.38. The van der Waals surface area contributed by atoms with Gasteiger partial charge in [0, 0.05) is 0 Å². The van der Waals surface area contributed by atoms with E-state index in [9.17, 15) is 0 Å². The van der Waals surface area contributed by atoms with Crippen LogP contribution in [0.3, 0.4) is 0 Å². The fourth-order valence-corrected chi connectivity index (χ4v) is 4.11. The van der Waals surface area contributed by atoms with Gasteiger partial charge in [-0.25, -0.2) is 0 Å². The molecular formula is C16H26. The molecule has 0 nitrogen and oxygen atoms in total. The van der Waals surface area contributed by atoms with Crippen LogP contribution in [-0.2, 0) is 0 Å². The molecule has 0 heterocycles. The summed E-state index contributed by atoms with van der Waals surface area (Å²) in [6, 6.07) is 0. The van der Waals surface area contributed by atoms with Gasteiger partial charge in [-0.05, 0) is 55.8 Å². The lowest BCUT2D eigenvalue weighted by atomic mass is 9.73. The van der Waals surface area contributed by atoms with E-state index < -0.39 is 0 Å². The molecule has 0 aromatic rings. The predicted octanol–water partition coefficient (Wildman–Crippen LogP) is 4.95. The predicted molar refractivity (Wildman–Crippen MR) is 69.3 cm³/mol. The molecule has 0 amide bonds. The third-order valence-corrected chi connectivity index (χ3v) is 5.33. The maximum Gasteiger partial charge on any atom is -0.0319 e. The van der Waals surface area contributed by atoms with Gasteiger partial charge >= 0.3 is 0 Å². The first-order valence-corrected chi connectivity index (χ1v) is 7.58. The van der Waals surface area contributed by atoms with Crippen molar-refractivity contribution in [2.24, 2.45) is 23.7 Å². The normalized spacial score (nSPS) is 44.0. The van der Waals surface area contributed by atoms with Crippen LogP contribution >= 0.6 is 0 Å². The van der Waals surface area contributed by atoms with E-state index >= 15 is 0 Å². The van der Waals surface area contributed by atoms with Crippen molar-refractivity contribution in [1.29, 1.82) is 0 Å². The van der Waals surface area contributed by atoms with Crippen molar-refractivity contribution >= 4 is 0 Å². The molecule has 4 unspecified atom stereocenters. The molecule has 4 aliphatic carbocycles. The van der Waals surface area contributed by atoms with Crippen LogP contribution in [0.2, 0.25) is 0 Å². The minimum Gasteiger partial charge on any atom is -0.0882 e. The highest BCUT2D eigenvalue weighted by molar-refractivity contribution is 4.95. The first-order chi connectivity index (χ1) is 7.93. The SMILES string of the molecule is C1=CCC2CCCCC2C1.C1CC2CC2C1. The Bertz CT molecular complexity index is 229. The maximum absolute atomic E-state index is 2.38. The fraction of sp³-hybridized carbons (Fsp3) is 0.875. The van der Waals surface area contributed by atoms with Crippen molar-refractivity contribution in [3.63, 3.8) is 0 Å². The van der Waals surface area contributed by atoms with Gasteiger partial charge in [0.15, 0.2) is 0 Å². The highest BCUT2D eigenvalue weighted by Crippen LogP contribution is 2.51. The number of allylic oxidation sites excluding steroid dienone is 2. The first kappa shape index (κ1) is 10.9. The largest absolute Gasteiger partial charge is 0.0882 e. The molecule has 0 saturated heterocycles. The summed E-state index contributed by atoms with van der Waals surface area (Å²) < 4.78 is 0. The van der Waals surface area contributed by atoms with Crippen molar-refractivity contribution < 1.29 is 0 Å². The number of hydrogen-bond acceptors (Lipinski definition) is 0. The third kappa shape index (κ3) is 2.52. The zero-order valence-electron chi connectivity index (χ0n) is 10.5. The minimum absolute atomic E-state index is 1.07. The van der Waals surface area contributed by atoms with Gasteiger partial charge in [0.2, 0.25) is 0 Å². The lowest BCUT2D eigenvalue weighted by Crippen LogP contribution is -2.20. The van der Waals surface area contributed by atoms with Gasteiger partial charge in [0.05, 0.1) is 0 Å². The molecule has 0 aliphatic heterocycles. The molecule has 0 spiro atoms. The number of fused-ring (bicyclic) bond motifs is 2. The van der Waals surface area contributed by atoms with Crippen LogP contribution in [0.25, 0.3) is 0 Å². The molecule has 3 saturated carbocycles. The Morgan fingerprint density at radius 2 is 1.06 bits per heavy atom. The summed E-state index contributed by atoms with van der Waals surface area (Å²) in [7, 11) is 0. The summed E-state index contributed by atoms with van der Waals surface area (Å²) in [5, 5.41) is 0. The van der Waals surface area contributed by atoms with Gasteiger partial charge in [-0.2, -0.15) is 0 Å². The van der Waals surface area contributed by atoms with E-state index in [0.29, 0.717) is 0 Å². The lowest BCUT2D eigenvalue weighted by molar-refractivity contribution is 0.231. The minimum atomic E-state index is 1.07. The second-order valence-corrected chi connectivity index (χ2v) is 6.43. The van der Waals surface area contributed by atoms with E-state index in [2.05, 4.69) is 12.2 Å². The third-order valence-electron chi connectivity index (χ3n) is 5.33. The summed E-state index contributed by atoms with van der Waals surface area (Å²) >= 11 is 0. The standard InChI is InChI=1S/C10H16.C6H10/c1-2-6-10-8-4-3-7-9(10)5-1;1-2-5-4-6(5)3-1/h1-2,9-10H,3-8H2;5-6H,1-4H2. The Hall–Kier alpha value is -0.260. The van der Waals surface area contributed by atoms with Crippen LogP contribution in [0.15, 0.2) is 12.2 Å². The average molecular weight is 218 g/mol. The van der Waals surface area contributed by atoms with E-state index in [1.807, 2.05) is 0 Å². The Balaban J connectivity index is 0.000000114. The molecule has 4 aliphatic rings. The molecule has 16 heavy (non-hydrogen) atoms. The van der Waals surface area contributed by atoms with Crippen LogP contribution < -0.4 is 0 Å². The Kier molecular flexibility index (Phi) is 3.35. The summed E-state index contributed by atoms with van der Waals surface area (Å²) in [4.78, 5) is 0. The topological polar surface area (TPSA) is 0 Å². The molecular weight excluding hydrogens is 192 g/mol. The van der Waals surface area contributed by atoms with Gasteiger partial charge in [-0.15, -0.1) is 0 Å². The summed E-state index contributed by atoms with van der Waals surface area (Å²) in [5.41, 5.74) is 0. The van der Waals surface area contributed by atoms with Gasteiger partial charge in [-0.3, -0.25) is 0 Å². The molecule has 0 radical (unpaired) electrons. The molecule has 0 bridgehead atoms. The summed E-state index contributed by atoms with van der Waals surface area (Å²) in [6.07, 6.45) is 19.8. The average Bonchev–Trinajstić information content (AvgIpc) is 2.97. The van der Waals surface area contributed by atoms with Gasteiger partial charge in [-0.1, -0.05) is 44.3 Å². The van der Waals surface area contributed by atoms with Crippen LogP contribution in [-0.4, -0.2) is 0 Å². The molecule has 0 N–H and O–H groups in total. The van der Waals surface area contributed by atoms with Gasteiger partial charge in [0.25, 0.3) is 0 Å². The Morgan fingerprint density at radius 3 is 1.44 bits per heavy atom. The highest BCUT2D eigenvalue weighted by atomic mass is 14.5. The molecule has 4 atom stereocenters. The molecule has 0 aromatic carbocycles. The Labute approximate surface area is 101 Å². The van der Waals surface area contributed by atoms with Crippen LogP contribution in [0.1, 0.15) is 64.2 Å². The van der Waals surface area contributed by atoms with Crippen LogP contribution in [0.4, 0.5) is 0 Å². The van der Waals surface area contributed by atoms with E-state index in [1.54, 1.807) is 19.3 Å². The second-order valence-electron chi connectivity index (χ2n) is 6.43. The zero-order chi connectivity index (χ0) is 10.8.